The number of methoxy groups -OCH3 is 1. The van der Waals surface area contributed by atoms with E-state index in [0.717, 1.165) is 0 Å². The van der Waals surface area contributed by atoms with Crippen LogP contribution in [-0.4, -0.2) is 42.3 Å². The van der Waals surface area contributed by atoms with E-state index < -0.39 is 11.2 Å². The van der Waals surface area contributed by atoms with Crippen molar-refractivity contribution >= 4 is 32.4 Å². The molecule has 0 amide bonds. The van der Waals surface area contributed by atoms with Crippen molar-refractivity contribution < 1.29 is 17.9 Å². The fourth-order valence-electron chi connectivity index (χ4n) is 1.09. The van der Waals surface area contributed by atoms with Gasteiger partial charge in [-0.1, -0.05) is 27.3 Å². The van der Waals surface area contributed by atoms with Crippen molar-refractivity contribution in [2.75, 3.05) is 32.2 Å². The van der Waals surface area contributed by atoms with Gasteiger partial charge in [-0.3, -0.25) is 0 Å². The fraction of sp³-hybridized carbons (Fsp3) is 0.750. The first kappa shape index (κ1) is 14.7. The van der Waals surface area contributed by atoms with Crippen LogP contribution < -0.4 is 4.90 Å². The van der Waals surface area contributed by atoms with Crippen molar-refractivity contribution in [3.05, 3.63) is 5.01 Å². The van der Waals surface area contributed by atoms with Gasteiger partial charge < -0.3 is 9.64 Å². The van der Waals surface area contributed by atoms with Crippen molar-refractivity contribution in [2.24, 2.45) is 0 Å². The van der Waals surface area contributed by atoms with Crippen molar-refractivity contribution in [2.45, 2.75) is 11.0 Å². The van der Waals surface area contributed by atoms with Gasteiger partial charge in [0.2, 0.25) is 10.1 Å². The highest BCUT2D eigenvalue weighted by Gasteiger charge is 2.36. The summed E-state index contributed by atoms with van der Waals surface area (Å²) >= 11 is 3.87. The number of hydrogen-bond acceptors (Lipinski definition) is 5. The maximum atomic E-state index is 12.3. The molecule has 0 saturated heterocycles. The molecular weight excluding hydrogens is 323 g/mol. The van der Waals surface area contributed by atoms with E-state index in [2.05, 4.69) is 26.1 Å². The van der Waals surface area contributed by atoms with Gasteiger partial charge in [-0.25, -0.2) is 0 Å². The van der Waals surface area contributed by atoms with Crippen LogP contribution in [-0.2, 0) is 10.9 Å². The van der Waals surface area contributed by atoms with E-state index in [1.165, 1.54) is 0 Å². The van der Waals surface area contributed by atoms with Gasteiger partial charge in [-0.2, -0.15) is 13.2 Å². The Hall–Kier alpha value is -0.410. The minimum atomic E-state index is -4.43. The van der Waals surface area contributed by atoms with E-state index in [-0.39, 0.29) is 9.96 Å². The molecule has 0 aliphatic carbocycles. The van der Waals surface area contributed by atoms with Crippen LogP contribution in [0.2, 0.25) is 0 Å². The molecular formula is C8H11BrF3N3OS. The van der Waals surface area contributed by atoms with Crippen LogP contribution >= 0.6 is 27.3 Å². The number of nitrogens with zero attached hydrogens (tertiary/aromatic N) is 3. The predicted molar refractivity (Wildman–Crippen MR) is 62.8 cm³/mol. The van der Waals surface area contributed by atoms with Crippen molar-refractivity contribution in [1.29, 1.82) is 0 Å². The summed E-state index contributed by atoms with van der Waals surface area (Å²) in [7, 11) is 3.21. The first-order valence-electron chi connectivity index (χ1n) is 4.59. The smallest absolute Gasteiger partial charge is 0.383 e. The molecule has 0 spiro atoms. The number of aromatic nitrogens is 2. The van der Waals surface area contributed by atoms with Crippen LogP contribution in [0.15, 0.2) is 0 Å². The van der Waals surface area contributed by atoms with Gasteiger partial charge in [0.05, 0.1) is 11.4 Å². The summed E-state index contributed by atoms with van der Waals surface area (Å²) < 4.78 is 41.8. The molecule has 0 N–H and O–H groups in total. The largest absolute Gasteiger partial charge is 0.445 e. The zero-order valence-corrected chi connectivity index (χ0v) is 11.6. The second kappa shape index (κ2) is 5.96. The van der Waals surface area contributed by atoms with Crippen LogP contribution in [0.3, 0.4) is 0 Å². The molecule has 1 rings (SSSR count). The minimum absolute atomic E-state index is 0.0238. The Kier molecular flexibility index (Phi) is 5.14. The molecule has 4 nitrogen and oxygen atoms in total. The molecule has 1 atom stereocenters. The normalized spacial score (nSPS) is 13.8. The number of anilines is 1. The second-order valence-corrected chi connectivity index (χ2v) is 5.57. The van der Waals surface area contributed by atoms with E-state index in [9.17, 15) is 13.2 Å². The molecule has 9 heteroatoms. The van der Waals surface area contributed by atoms with Crippen LogP contribution in [0.5, 0.6) is 0 Å². The Balaban J connectivity index is 2.64. The fourth-order valence-corrected chi connectivity index (χ4v) is 2.47. The van der Waals surface area contributed by atoms with Gasteiger partial charge in [0, 0.05) is 20.7 Å². The first-order chi connectivity index (χ1) is 7.84. The van der Waals surface area contributed by atoms with Crippen molar-refractivity contribution in [3.8, 4) is 0 Å². The molecule has 17 heavy (non-hydrogen) atoms. The van der Waals surface area contributed by atoms with Gasteiger partial charge in [0.1, 0.15) is 0 Å². The standard InChI is InChI=1S/C8H11BrF3N3OS/c1-15(3-5(9)4-16-2)7-14-13-6(17-7)8(10,11)12/h5H,3-4H2,1-2H3. The summed E-state index contributed by atoms with van der Waals surface area (Å²) in [6.07, 6.45) is -4.43. The number of ether oxygens (including phenoxy) is 1. The zero-order valence-electron chi connectivity index (χ0n) is 9.16. The molecule has 1 heterocycles. The van der Waals surface area contributed by atoms with Crippen molar-refractivity contribution in [3.63, 3.8) is 0 Å². The van der Waals surface area contributed by atoms with E-state index in [1.54, 1.807) is 19.1 Å². The summed E-state index contributed by atoms with van der Waals surface area (Å²) in [5.41, 5.74) is 0. The molecule has 0 bridgehead atoms. The molecule has 98 valence electrons. The Morgan fingerprint density at radius 3 is 2.59 bits per heavy atom. The minimum Gasteiger partial charge on any atom is -0.383 e. The molecule has 0 fully saturated rings. The molecule has 0 aliphatic rings. The average molecular weight is 334 g/mol. The van der Waals surface area contributed by atoms with Gasteiger partial charge in [-0.15, -0.1) is 10.2 Å². The van der Waals surface area contributed by atoms with Gasteiger partial charge in [0.25, 0.3) is 0 Å². The van der Waals surface area contributed by atoms with Crippen LogP contribution in [0.25, 0.3) is 0 Å². The van der Waals surface area contributed by atoms with Gasteiger partial charge in [0.15, 0.2) is 0 Å². The summed E-state index contributed by atoms with van der Waals surface area (Å²) in [5.74, 6) is 0. The summed E-state index contributed by atoms with van der Waals surface area (Å²) in [5, 5.41) is 5.93. The maximum Gasteiger partial charge on any atom is 0.445 e. The lowest BCUT2D eigenvalue weighted by Gasteiger charge is -2.18. The quantitative estimate of drug-likeness (QED) is 0.775. The number of alkyl halides is 4. The summed E-state index contributed by atoms with van der Waals surface area (Å²) in [4.78, 5) is 1.63. The Morgan fingerprint density at radius 2 is 2.12 bits per heavy atom. The Morgan fingerprint density at radius 1 is 1.47 bits per heavy atom. The Labute approximate surface area is 109 Å². The lowest BCUT2D eigenvalue weighted by atomic mass is 10.4. The van der Waals surface area contributed by atoms with Crippen LogP contribution in [0.4, 0.5) is 18.3 Å². The molecule has 1 aromatic rings. The molecule has 1 aromatic heterocycles. The second-order valence-electron chi connectivity index (χ2n) is 3.32. The molecule has 0 saturated carbocycles. The van der Waals surface area contributed by atoms with Crippen LogP contribution in [0, 0.1) is 0 Å². The van der Waals surface area contributed by atoms with Crippen LogP contribution in [0.1, 0.15) is 5.01 Å². The summed E-state index contributed by atoms with van der Waals surface area (Å²) in [6, 6.07) is 0. The lowest BCUT2D eigenvalue weighted by molar-refractivity contribution is -0.138. The third-order valence-corrected chi connectivity index (χ3v) is 3.44. The monoisotopic (exact) mass is 333 g/mol. The SMILES string of the molecule is COCC(Br)CN(C)c1nnc(C(F)(F)F)s1. The van der Waals surface area contributed by atoms with E-state index in [4.69, 9.17) is 4.74 Å². The third kappa shape index (κ3) is 4.40. The van der Waals surface area contributed by atoms with Gasteiger partial charge >= 0.3 is 6.18 Å². The van der Waals surface area contributed by atoms with Gasteiger partial charge in [-0.05, 0) is 0 Å². The molecule has 0 aromatic carbocycles. The molecule has 1 unspecified atom stereocenters. The zero-order chi connectivity index (χ0) is 13.1. The third-order valence-electron chi connectivity index (χ3n) is 1.80. The number of halogens is 4. The Bertz CT molecular complexity index is 360. The maximum absolute atomic E-state index is 12.3. The highest BCUT2D eigenvalue weighted by atomic mass is 79.9. The van der Waals surface area contributed by atoms with E-state index in [1.807, 2.05) is 0 Å². The van der Waals surface area contributed by atoms with E-state index >= 15 is 0 Å². The predicted octanol–water partition coefficient (Wildman–Crippen LogP) is 2.40. The molecule has 0 aliphatic heterocycles. The molecule has 0 radical (unpaired) electrons. The van der Waals surface area contributed by atoms with Crippen molar-refractivity contribution in [1.82, 2.24) is 10.2 Å². The lowest BCUT2D eigenvalue weighted by Crippen LogP contribution is -2.28. The van der Waals surface area contributed by atoms with E-state index in [0.29, 0.717) is 24.5 Å². The first-order valence-corrected chi connectivity index (χ1v) is 6.32. The average Bonchev–Trinajstić information content (AvgIpc) is 2.65. The highest BCUT2D eigenvalue weighted by Crippen LogP contribution is 2.34. The number of hydrogen-bond donors (Lipinski definition) is 0. The topological polar surface area (TPSA) is 38.2 Å². The highest BCUT2D eigenvalue weighted by molar-refractivity contribution is 9.09. The summed E-state index contributed by atoms with van der Waals surface area (Å²) in [6.45, 7) is 0.954. The number of rotatable bonds is 5.